The Morgan fingerprint density at radius 1 is 0.732 bits per heavy atom. The van der Waals surface area contributed by atoms with Gasteiger partial charge in [0.15, 0.2) is 0 Å². The van der Waals surface area contributed by atoms with Crippen molar-refractivity contribution in [2.45, 2.75) is 13.3 Å². The second-order valence-electron chi connectivity index (χ2n) is 10.1. The van der Waals surface area contributed by atoms with Gasteiger partial charge in [-0.3, -0.25) is 19.3 Å². The summed E-state index contributed by atoms with van der Waals surface area (Å²) in [6.07, 6.45) is 0.412. The molecule has 0 saturated heterocycles. The van der Waals surface area contributed by atoms with Crippen molar-refractivity contribution in [1.82, 2.24) is 4.90 Å². The largest absolute Gasteiger partial charge is 0.457 e. The van der Waals surface area contributed by atoms with Crippen molar-refractivity contribution in [3.63, 3.8) is 0 Å². The van der Waals surface area contributed by atoms with Crippen molar-refractivity contribution in [3.8, 4) is 11.5 Å². The van der Waals surface area contributed by atoms with Gasteiger partial charge in [0.2, 0.25) is 0 Å². The van der Waals surface area contributed by atoms with Crippen LogP contribution in [-0.2, 0) is 0 Å². The van der Waals surface area contributed by atoms with Gasteiger partial charge in [-0.1, -0.05) is 60.2 Å². The van der Waals surface area contributed by atoms with Gasteiger partial charge in [0.05, 0.1) is 0 Å². The Kier molecular flexibility index (Phi) is 7.04. The maximum atomic E-state index is 13.7. The number of aryl methyl sites for hydroxylation is 1. The number of amides is 3. The van der Waals surface area contributed by atoms with E-state index in [2.05, 4.69) is 0 Å². The molecule has 0 radical (unpaired) electrons. The van der Waals surface area contributed by atoms with Crippen LogP contribution in [0.3, 0.4) is 0 Å². The molecule has 6 heteroatoms. The van der Waals surface area contributed by atoms with Crippen molar-refractivity contribution >= 4 is 34.2 Å². The summed E-state index contributed by atoms with van der Waals surface area (Å²) in [5, 5.41) is 1.58. The van der Waals surface area contributed by atoms with Gasteiger partial charge in [-0.2, -0.15) is 0 Å². The SMILES string of the molecule is Cc1cccc(C(=O)N(CCCN2C(=O)c3cccc4cccc(c34)C2=O)c2ccc(Oc3ccccc3)cc2)c1. The molecule has 1 heterocycles. The predicted octanol–water partition coefficient (Wildman–Crippen LogP) is 7.27. The molecule has 0 bridgehead atoms. The third kappa shape index (κ3) is 5.20. The molecule has 0 aliphatic carbocycles. The lowest BCUT2D eigenvalue weighted by molar-refractivity contribution is 0.0610. The van der Waals surface area contributed by atoms with E-state index < -0.39 is 0 Å². The smallest absolute Gasteiger partial charge is 0.261 e. The Morgan fingerprint density at radius 3 is 2.02 bits per heavy atom. The lowest BCUT2D eigenvalue weighted by Crippen LogP contribution is -2.42. The molecule has 6 rings (SSSR count). The number of imide groups is 1. The van der Waals surface area contributed by atoms with Gasteiger partial charge >= 0.3 is 0 Å². The highest BCUT2D eigenvalue weighted by Crippen LogP contribution is 2.30. The molecule has 202 valence electrons. The summed E-state index contributed by atoms with van der Waals surface area (Å²) in [5.74, 6) is 0.606. The summed E-state index contributed by atoms with van der Waals surface area (Å²) in [6.45, 7) is 2.45. The van der Waals surface area contributed by atoms with Crippen LogP contribution in [0.5, 0.6) is 11.5 Å². The average Bonchev–Trinajstić information content (AvgIpc) is 3.00. The highest BCUT2D eigenvalue weighted by Gasteiger charge is 2.32. The highest BCUT2D eigenvalue weighted by molar-refractivity contribution is 6.25. The van der Waals surface area contributed by atoms with Gasteiger partial charge in [-0.25, -0.2) is 0 Å². The maximum Gasteiger partial charge on any atom is 0.261 e. The van der Waals surface area contributed by atoms with Gasteiger partial charge < -0.3 is 9.64 Å². The van der Waals surface area contributed by atoms with Gasteiger partial charge in [0.1, 0.15) is 11.5 Å². The molecule has 0 fully saturated rings. The molecule has 1 aliphatic rings. The molecule has 0 unspecified atom stereocenters. The molecule has 5 aromatic rings. The summed E-state index contributed by atoms with van der Waals surface area (Å²) >= 11 is 0. The Bertz CT molecular complexity index is 1710. The van der Waals surface area contributed by atoms with Crippen molar-refractivity contribution in [3.05, 3.63) is 138 Å². The number of rotatable bonds is 8. The molecule has 1 aliphatic heterocycles. The molecule has 3 amide bonds. The van der Waals surface area contributed by atoms with E-state index in [4.69, 9.17) is 4.74 Å². The number of ether oxygens (including phenoxy) is 1. The predicted molar refractivity (Wildman–Crippen MR) is 160 cm³/mol. The van der Waals surface area contributed by atoms with E-state index in [0.717, 1.165) is 16.7 Å². The summed E-state index contributed by atoms with van der Waals surface area (Å²) in [5.41, 5.74) is 3.31. The molecular formula is C35H28N2O4. The first-order valence-corrected chi connectivity index (χ1v) is 13.6. The minimum atomic E-state index is -0.307. The minimum Gasteiger partial charge on any atom is -0.457 e. The number of hydrogen-bond acceptors (Lipinski definition) is 4. The normalized spacial score (nSPS) is 12.5. The van der Waals surface area contributed by atoms with Crippen LogP contribution in [0.1, 0.15) is 43.1 Å². The van der Waals surface area contributed by atoms with Crippen molar-refractivity contribution < 1.29 is 19.1 Å². The van der Waals surface area contributed by atoms with E-state index in [-0.39, 0.29) is 24.3 Å². The number of hydrogen-bond donors (Lipinski definition) is 0. The van der Waals surface area contributed by atoms with E-state index in [1.165, 1.54) is 4.90 Å². The zero-order valence-electron chi connectivity index (χ0n) is 22.6. The zero-order chi connectivity index (χ0) is 28.3. The fourth-order valence-electron chi connectivity index (χ4n) is 5.27. The molecule has 0 aromatic heterocycles. The minimum absolute atomic E-state index is 0.156. The van der Waals surface area contributed by atoms with Crippen molar-refractivity contribution in [2.75, 3.05) is 18.0 Å². The van der Waals surface area contributed by atoms with Gasteiger partial charge in [-0.05, 0) is 79.4 Å². The number of nitrogens with zero attached hydrogens (tertiary/aromatic N) is 2. The number of anilines is 1. The molecule has 6 nitrogen and oxygen atoms in total. The quantitative estimate of drug-likeness (QED) is 0.194. The molecule has 0 spiro atoms. The summed E-state index contributed by atoms with van der Waals surface area (Å²) in [6, 6.07) is 35.3. The zero-order valence-corrected chi connectivity index (χ0v) is 22.6. The molecule has 5 aromatic carbocycles. The Balaban J connectivity index is 1.23. The van der Waals surface area contributed by atoms with Gasteiger partial charge in [0, 0.05) is 40.9 Å². The van der Waals surface area contributed by atoms with Gasteiger partial charge in [-0.15, -0.1) is 0 Å². The second kappa shape index (κ2) is 11.1. The van der Waals surface area contributed by atoms with Crippen LogP contribution >= 0.6 is 0 Å². The Morgan fingerprint density at radius 2 is 1.37 bits per heavy atom. The standard InChI is InChI=1S/C35H28N2O4/c1-24-9-5-12-26(23-24)33(38)36(27-17-19-29(20-18-27)41-28-13-3-2-4-14-28)21-8-22-37-34(39)30-15-6-10-25-11-7-16-31(32(25)30)35(37)40/h2-7,9-20,23H,8,21-22H2,1H3. The van der Waals surface area contributed by atoms with Crippen molar-refractivity contribution in [2.24, 2.45) is 0 Å². The van der Waals surface area contributed by atoms with E-state index in [9.17, 15) is 14.4 Å². The first-order chi connectivity index (χ1) is 20.0. The maximum absolute atomic E-state index is 13.7. The van der Waals surface area contributed by atoms with E-state index in [0.29, 0.717) is 46.5 Å². The number of para-hydroxylation sites is 1. The molecule has 0 saturated carbocycles. The first-order valence-electron chi connectivity index (χ1n) is 13.6. The van der Waals surface area contributed by atoms with Crippen LogP contribution in [0.2, 0.25) is 0 Å². The summed E-state index contributed by atoms with van der Waals surface area (Å²) in [4.78, 5) is 43.4. The highest BCUT2D eigenvalue weighted by atomic mass is 16.5. The topological polar surface area (TPSA) is 66.9 Å². The van der Waals surface area contributed by atoms with Crippen LogP contribution in [0.4, 0.5) is 5.69 Å². The van der Waals surface area contributed by atoms with E-state index in [1.807, 2.05) is 104 Å². The number of benzene rings is 5. The Hall–Kier alpha value is -5.23. The fourth-order valence-corrected chi connectivity index (χ4v) is 5.27. The lowest BCUT2D eigenvalue weighted by atomic mass is 9.94. The third-order valence-electron chi connectivity index (χ3n) is 7.26. The third-order valence-corrected chi connectivity index (χ3v) is 7.26. The molecule has 41 heavy (non-hydrogen) atoms. The molecular weight excluding hydrogens is 512 g/mol. The number of carbonyl (C=O) groups excluding carboxylic acids is 3. The van der Waals surface area contributed by atoms with Crippen LogP contribution in [-0.4, -0.2) is 35.7 Å². The summed E-state index contributed by atoms with van der Waals surface area (Å²) < 4.78 is 5.93. The van der Waals surface area contributed by atoms with Crippen molar-refractivity contribution in [1.29, 1.82) is 0 Å². The lowest BCUT2D eigenvalue weighted by Gasteiger charge is -2.29. The van der Waals surface area contributed by atoms with E-state index in [1.54, 1.807) is 23.1 Å². The van der Waals surface area contributed by atoms with Crippen LogP contribution in [0, 0.1) is 6.92 Å². The molecule has 0 atom stereocenters. The van der Waals surface area contributed by atoms with Crippen LogP contribution < -0.4 is 9.64 Å². The Labute approximate surface area is 238 Å². The molecule has 0 N–H and O–H groups in total. The van der Waals surface area contributed by atoms with E-state index >= 15 is 0 Å². The second-order valence-corrected chi connectivity index (χ2v) is 10.1. The van der Waals surface area contributed by atoms with Crippen LogP contribution in [0.25, 0.3) is 10.8 Å². The fraction of sp³-hybridized carbons (Fsp3) is 0.114. The summed E-state index contributed by atoms with van der Waals surface area (Å²) in [7, 11) is 0. The average molecular weight is 541 g/mol. The van der Waals surface area contributed by atoms with Crippen LogP contribution in [0.15, 0.2) is 115 Å². The first kappa shape index (κ1) is 26.0. The van der Waals surface area contributed by atoms with Gasteiger partial charge in [0.25, 0.3) is 17.7 Å². The number of carbonyl (C=O) groups is 3. The monoisotopic (exact) mass is 540 g/mol.